The number of hydrogen-bond acceptors (Lipinski definition) is 4. The molecule has 0 radical (unpaired) electrons. The van der Waals surface area contributed by atoms with Crippen LogP contribution in [0.15, 0.2) is 48.5 Å². The van der Waals surface area contributed by atoms with Gasteiger partial charge >= 0.3 is 0 Å². The normalized spacial score (nSPS) is 9.00. The highest BCUT2D eigenvalue weighted by molar-refractivity contribution is 5.32. The SMILES string of the molecule is COc1ccc(OC)cc1.COc1cccc(OC)c1. The summed E-state index contributed by atoms with van der Waals surface area (Å²) in [7, 11) is 6.55. The van der Waals surface area contributed by atoms with E-state index >= 15 is 0 Å². The van der Waals surface area contributed by atoms with Crippen molar-refractivity contribution in [1.29, 1.82) is 0 Å². The minimum Gasteiger partial charge on any atom is -0.497 e. The predicted octanol–water partition coefficient (Wildman–Crippen LogP) is 3.41. The summed E-state index contributed by atoms with van der Waals surface area (Å²) in [5.41, 5.74) is 0. The van der Waals surface area contributed by atoms with Crippen molar-refractivity contribution >= 4 is 0 Å². The first-order chi connectivity index (χ1) is 9.73. The third-order valence-electron chi connectivity index (χ3n) is 2.57. The molecule has 0 unspecified atom stereocenters. The first kappa shape index (κ1) is 15.7. The van der Waals surface area contributed by atoms with Gasteiger partial charge in [0.05, 0.1) is 28.4 Å². The Hall–Kier alpha value is -2.36. The van der Waals surface area contributed by atoms with Crippen molar-refractivity contribution < 1.29 is 18.9 Å². The fourth-order valence-corrected chi connectivity index (χ4v) is 1.44. The van der Waals surface area contributed by atoms with E-state index in [1.807, 2.05) is 48.5 Å². The van der Waals surface area contributed by atoms with Crippen LogP contribution in [0, 0.1) is 0 Å². The van der Waals surface area contributed by atoms with E-state index in [2.05, 4.69) is 0 Å². The van der Waals surface area contributed by atoms with Crippen LogP contribution in [0.5, 0.6) is 23.0 Å². The molecule has 0 aliphatic rings. The molecular formula is C16H20O4. The first-order valence-electron chi connectivity index (χ1n) is 6.09. The molecule has 0 heterocycles. The van der Waals surface area contributed by atoms with Crippen LogP contribution in [0.1, 0.15) is 0 Å². The van der Waals surface area contributed by atoms with Gasteiger partial charge in [0.25, 0.3) is 0 Å². The van der Waals surface area contributed by atoms with Crippen LogP contribution in [0.25, 0.3) is 0 Å². The molecule has 0 aliphatic heterocycles. The van der Waals surface area contributed by atoms with Crippen molar-refractivity contribution in [2.75, 3.05) is 28.4 Å². The largest absolute Gasteiger partial charge is 0.497 e. The van der Waals surface area contributed by atoms with Gasteiger partial charge in [-0.2, -0.15) is 0 Å². The predicted molar refractivity (Wildman–Crippen MR) is 79.1 cm³/mol. The Balaban J connectivity index is 0.000000200. The summed E-state index contributed by atoms with van der Waals surface area (Å²) in [5.74, 6) is 3.33. The molecule has 20 heavy (non-hydrogen) atoms. The average Bonchev–Trinajstić information content (AvgIpc) is 2.55. The molecule has 2 rings (SSSR count). The van der Waals surface area contributed by atoms with E-state index in [1.54, 1.807) is 28.4 Å². The van der Waals surface area contributed by atoms with Crippen LogP contribution in [0.2, 0.25) is 0 Å². The van der Waals surface area contributed by atoms with E-state index in [9.17, 15) is 0 Å². The number of ether oxygens (including phenoxy) is 4. The molecule has 4 nitrogen and oxygen atoms in total. The summed E-state index contributed by atoms with van der Waals surface area (Å²) in [6.07, 6.45) is 0. The quantitative estimate of drug-likeness (QED) is 0.857. The van der Waals surface area contributed by atoms with Crippen LogP contribution in [0.3, 0.4) is 0 Å². The van der Waals surface area contributed by atoms with Gasteiger partial charge in [-0.25, -0.2) is 0 Å². The molecule has 0 spiro atoms. The lowest BCUT2D eigenvalue weighted by Crippen LogP contribution is -1.84. The van der Waals surface area contributed by atoms with Gasteiger partial charge < -0.3 is 18.9 Å². The monoisotopic (exact) mass is 276 g/mol. The summed E-state index contributed by atoms with van der Waals surface area (Å²) in [6.45, 7) is 0. The topological polar surface area (TPSA) is 36.9 Å². The van der Waals surface area contributed by atoms with E-state index < -0.39 is 0 Å². The Kier molecular flexibility index (Phi) is 6.82. The molecule has 0 fully saturated rings. The zero-order chi connectivity index (χ0) is 14.8. The maximum absolute atomic E-state index is 4.98. The molecule has 2 aromatic carbocycles. The maximum atomic E-state index is 4.98. The molecular weight excluding hydrogens is 256 g/mol. The Morgan fingerprint density at radius 1 is 0.500 bits per heavy atom. The average molecular weight is 276 g/mol. The highest BCUT2D eigenvalue weighted by Gasteiger charge is 1.91. The summed E-state index contributed by atoms with van der Waals surface area (Å²) in [6, 6.07) is 14.9. The number of rotatable bonds is 4. The highest BCUT2D eigenvalue weighted by atomic mass is 16.5. The lowest BCUT2D eigenvalue weighted by Gasteiger charge is -2.01. The molecule has 0 N–H and O–H groups in total. The second-order valence-corrected chi connectivity index (χ2v) is 3.76. The van der Waals surface area contributed by atoms with Crippen LogP contribution in [0.4, 0.5) is 0 Å². The molecule has 0 atom stereocenters. The third kappa shape index (κ3) is 5.10. The summed E-state index contributed by atoms with van der Waals surface area (Å²) < 4.78 is 19.9. The number of benzene rings is 2. The summed E-state index contributed by atoms with van der Waals surface area (Å²) >= 11 is 0. The van der Waals surface area contributed by atoms with Crippen molar-refractivity contribution in [3.8, 4) is 23.0 Å². The third-order valence-corrected chi connectivity index (χ3v) is 2.57. The van der Waals surface area contributed by atoms with Gasteiger partial charge in [-0.05, 0) is 36.4 Å². The fraction of sp³-hybridized carbons (Fsp3) is 0.250. The molecule has 0 amide bonds. The van der Waals surface area contributed by atoms with Gasteiger partial charge in [0.1, 0.15) is 23.0 Å². The van der Waals surface area contributed by atoms with Gasteiger partial charge in [0, 0.05) is 6.07 Å². The molecule has 0 aromatic heterocycles. The highest BCUT2D eigenvalue weighted by Crippen LogP contribution is 2.17. The smallest absolute Gasteiger partial charge is 0.122 e. The van der Waals surface area contributed by atoms with Gasteiger partial charge in [0.15, 0.2) is 0 Å². The zero-order valence-electron chi connectivity index (χ0n) is 12.3. The molecule has 0 aliphatic carbocycles. The Bertz CT molecular complexity index is 452. The second-order valence-electron chi connectivity index (χ2n) is 3.76. The fourth-order valence-electron chi connectivity index (χ4n) is 1.44. The van der Waals surface area contributed by atoms with Crippen molar-refractivity contribution in [1.82, 2.24) is 0 Å². The van der Waals surface area contributed by atoms with Gasteiger partial charge in [0.2, 0.25) is 0 Å². The number of hydrogen-bond donors (Lipinski definition) is 0. The van der Waals surface area contributed by atoms with Crippen molar-refractivity contribution in [2.24, 2.45) is 0 Å². The van der Waals surface area contributed by atoms with Crippen LogP contribution < -0.4 is 18.9 Å². The molecule has 4 heteroatoms. The zero-order valence-corrected chi connectivity index (χ0v) is 12.3. The summed E-state index contributed by atoms with van der Waals surface area (Å²) in [5, 5.41) is 0. The van der Waals surface area contributed by atoms with Crippen molar-refractivity contribution in [2.45, 2.75) is 0 Å². The Morgan fingerprint density at radius 2 is 0.850 bits per heavy atom. The van der Waals surface area contributed by atoms with Crippen molar-refractivity contribution in [3.05, 3.63) is 48.5 Å². The molecule has 0 saturated heterocycles. The minimum atomic E-state index is 0.819. The Labute approximate surface area is 119 Å². The van der Waals surface area contributed by atoms with Gasteiger partial charge in [-0.1, -0.05) is 6.07 Å². The van der Waals surface area contributed by atoms with E-state index in [1.165, 1.54) is 0 Å². The molecule has 108 valence electrons. The lowest BCUT2D eigenvalue weighted by atomic mass is 10.3. The minimum absolute atomic E-state index is 0.819. The van der Waals surface area contributed by atoms with Gasteiger partial charge in [-0.3, -0.25) is 0 Å². The standard InChI is InChI=1S/2C8H10O2/c1-9-7-3-5-8(10-2)6-4-7;1-9-7-4-3-5-8(6-7)10-2/h2*3-6H,1-2H3. The van der Waals surface area contributed by atoms with Crippen LogP contribution in [-0.2, 0) is 0 Å². The van der Waals surface area contributed by atoms with E-state index in [-0.39, 0.29) is 0 Å². The van der Waals surface area contributed by atoms with Crippen LogP contribution >= 0.6 is 0 Å². The maximum Gasteiger partial charge on any atom is 0.122 e. The van der Waals surface area contributed by atoms with E-state index in [0.29, 0.717) is 0 Å². The first-order valence-corrected chi connectivity index (χ1v) is 6.09. The number of methoxy groups -OCH3 is 4. The van der Waals surface area contributed by atoms with Gasteiger partial charge in [-0.15, -0.1) is 0 Å². The van der Waals surface area contributed by atoms with Crippen LogP contribution in [-0.4, -0.2) is 28.4 Å². The second kappa shape index (κ2) is 8.69. The Morgan fingerprint density at radius 3 is 1.15 bits per heavy atom. The van der Waals surface area contributed by atoms with Crippen molar-refractivity contribution in [3.63, 3.8) is 0 Å². The van der Waals surface area contributed by atoms with E-state index in [0.717, 1.165) is 23.0 Å². The molecule has 2 aromatic rings. The molecule has 0 bridgehead atoms. The summed E-state index contributed by atoms with van der Waals surface area (Å²) in [4.78, 5) is 0. The molecule has 0 saturated carbocycles. The lowest BCUT2D eigenvalue weighted by molar-refractivity contribution is 0.394. The van der Waals surface area contributed by atoms with E-state index in [4.69, 9.17) is 18.9 Å².